The van der Waals surface area contributed by atoms with E-state index in [4.69, 9.17) is 4.74 Å². The summed E-state index contributed by atoms with van der Waals surface area (Å²) in [5.41, 5.74) is 0.554. The Balaban J connectivity index is 1.65. The molecule has 0 radical (unpaired) electrons. The van der Waals surface area contributed by atoms with Crippen LogP contribution in [-0.4, -0.2) is 47.3 Å². The highest BCUT2D eigenvalue weighted by atomic mass is 19.1. The Bertz CT molecular complexity index is 1050. The van der Waals surface area contributed by atoms with E-state index in [1.807, 2.05) is 6.07 Å². The van der Waals surface area contributed by atoms with E-state index in [2.05, 4.69) is 20.2 Å². The minimum Gasteiger partial charge on any atom is -0.478 e. The van der Waals surface area contributed by atoms with Gasteiger partial charge in [-0.15, -0.1) is 0 Å². The molecule has 1 aromatic carbocycles. The maximum absolute atomic E-state index is 14.1. The number of rotatable bonds is 5. The second kappa shape index (κ2) is 8.42. The molecular weight excluding hydrogens is 394 g/mol. The number of anilines is 3. The standard InChI is InChI=1S/C21H18F2N4O3/c22-15-2-1-3-16(23)20(15)18-10-17(14(12-24-18)21(28)29)26-19-5-4-13(11-25-19)27-6-8-30-9-7-27/h1-5,10-12H,6-9H2,(H,28,29)(H,24,25,26). The average Bonchev–Trinajstić information content (AvgIpc) is 2.75. The maximum Gasteiger partial charge on any atom is 0.339 e. The number of aromatic nitrogens is 2. The number of nitrogens with one attached hydrogen (secondary N) is 1. The van der Waals surface area contributed by atoms with Crippen molar-refractivity contribution in [2.24, 2.45) is 0 Å². The van der Waals surface area contributed by atoms with E-state index in [9.17, 15) is 18.7 Å². The molecule has 9 heteroatoms. The molecule has 1 fully saturated rings. The Morgan fingerprint density at radius 3 is 2.43 bits per heavy atom. The van der Waals surface area contributed by atoms with E-state index in [1.54, 1.807) is 12.3 Å². The first kappa shape index (κ1) is 19.7. The van der Waals surface area contributed by atoms with E-state index in [1.165, 1.54) is 12.1 Å². The summed E-state index contributed by atoms with van der Waals surface area (Å²) in [4.78, 5) is 22.0. The van der Waals surface area contributed by atoms with Crippen molar-refractivity contribution in [1.29, 1.82) is 0 Å². The summed E-state index contributed by atoms with van der Waals surface area (Å²) in [6.07, 6.45) is 2.74. The largest absolute Gasteiger partial charge is 0.478 e. The number of carboxylic acid groups (broad SMARTS) is 1. The number of pyridine rings is 2. The van der Waals surface area contributed by atoms with E-state index in [-0.39, 0.29) is 22.5 Å². The highest BCUT2D eigenvalue weighted by Gasteiger charge is 2.18. The molecule has 0 aliphatic carbocycles. The molecule has 1 saturated heterocycles. The zero-order valence-electron chi connectivity index (χ0n) is 15.8. The third kappa shape index (κ3) is 4.06. The van der Waals surface area contributed by atoms with Gasteiger partial charge in [0.05, 0.1) is 42.0 Å². The molecule has 0 amide bonds. The highest BCUT2D eigenvalue weighted by molar-refractivity contribution is 5.95. The van der Waals surface area contributed by atoms with E-state index >= 15 is 0 Å². The zero-order valence-corrected chi connectivity index (χ0v) is 15.8. The summed E-state index contributed by atoms with van der Waals surface area (Å²) in [6, 6.07) is 8.34. The van der Waals surface area contributed by atoms with Crippen LogP contribution in [0, 0.1) is 11.6 Å². The Hall–Kier alpha value is -3.59. The van der Waals surface area contributed by atoms with Crippen LogP contribution in [0.25, 0.3) is 11.3 Å². The fourth-order valence-electron chi connectivity index (χ4n) is 3.22. The molecule has 4 rings (SSSR count). The van der Waals surface area contributed by atoms with Crippen LogP contribution < -0.4 is 10.2 Å². The number of halogens is 2. The van der Waals surface area contributed by atoms with Crippen LogP contribution in [0.5, 0.6) is 0 Å². The molecule has 0 atom stereocenters. The molecule has 2 aromatic heterocycles. The number of hydrogen-bond acceptors (Lipinski definition) is 6. The van der Waals surface area contributed by atoms with Crippen molar-refractivity contribution in [2.75, 3.05) is 36.5 Å². The molecule has 3 heterocycles. The van der Waals surface area contributed by atoms with Gasteiger partial charge in [0.1, 0.15) is 23.0 Å². The van der Waals surface area contributed by atoms with Gasteiger partial charge < -0.3 is 20.1 Å². The van der Waals surface area contributed by atoms with Gasteiger partial charge in [-0.2, -0.15) is 0 Å². The average molecular weight is 412 g/mol. The van der Waals surface area contributed by atoms with Gasteiger partial charge in [-0.25, -0.2) is 18.6 Å². The third-order valence-corrected chi connectivity index (χ3v) is 4.74. The Morgan fingerprint density at radius 1 is 1.07 bits per heavy atom. The molecule has 0 spiro atoms. The van der Waals surface area contributed by atoms with Gasteiger partial charge in [0, 0.05) is 19.3 Å². The van der Waals surface area contributed by atoms with Crippen molar-refractivity contribution >= 4 is 23.2 Å². The molecule has 1 aliphatic rings. The molecule has 30 heavy (non-hydrogen) atoms. The molecule has 0 bridgehead atoms. The van der Waals surface area contributed by atoms with E-state index in [0.29, 0.717) is 19.0 Å². The number of nitrogens with zero attached hydrogens (tertiary/aromatic N) is 3. The van der Waals surface area contributed by atoms with E-state index in [0.717, 1.165) is 37.1 Å². The number of ether oxygens (including phenoxy) is 1. The molecule has 0 unspecified atom stereocenters. The van der Waals surface area contributed by atoms with Gasteiger partial charge in [0.2, 0.25) is 0 Å². The second-order valence-corrected chi connectivity index (χ2v) is 6.64. The normalized spacial score (nSPS) is 13.9. The van der Waals surface area contributed by atoms with Gasteiger partial charge in [-0.05, 0) is 30.3 Å². The van der Waals surface area contributed by atoms with Gasteiger partial charge in [-0.3, -0.25) is 4.98 Å². The number of hydrogen-bond donors (Lipinski definition) is 2. The van der Waals surface area contributed by atoms with Crippen LogP contribution in [0.4, 0.5) is 26.0 Å². The van der Waals surface area contributed by atoms with Crippen molar-refractivity contribution in [3.63, 3.8) is 0 Å². The number of benzene rings is 1. The van der Waals surface area contributed by atoms with Crippen LogP contribution in [0.15, 0.2) is 48.8 Å². The van der Waals surface area contributed by atoms with Crippen LogP contribution >= 0.6 is 0 Å². The fourth-order valence-corrected chi connectivity index (χ4v) is 3.22. The monoisotopic (exact) mass is 412 g/mol. The van der Waals surface area contributed by atoms with Crippen molar-refractivity contribution < 1.29 is 23.4 Å². The van der Waals surface area contributed by atoms with Gasteiger partial charge in [-0.1, -0.05) is 6.07 Å². The molecule has 2 N–H and O–H groups in total. The first-order valence-electron chi connectivity index (χ1n) is 9.26. The van der Waals surface area contributed by atoms with Gasteiger partial charge in [0.25, 0.3) is 0 Å². The Labute approximate surface area is 171 Å². The predicted molar refractivity (Wildman–Crippen MR) is 107 cm³/mol. The van der Waals surface area contributed by atoms with Crippen LogP contribution in [0.1, 0.15) is 10.4 Å². The van der Waals surface area contributed by atoms with Gasteiger partial charge in [0.15, 0.2) is 0 Å². The maximum atomic E-state index is 14.1. The summed E-state index contributed by atoms with van der Waals surface area (Å²) in [5.74, 6) is -2.41. The smallest absolute Gasteiger partial charge is 0.339 e. The van der Waals surface area contributed by atoms with Crippen molar-refractivity contribution in [3.8, 4) is 11.3 Å². The summed E-state index contributed by atoms with van der Waals surface area (Å²) < 4.78 is 33.6. The Morgan fingerprint density at radius 2 is 1.80 bits per heavy atom. The summed E-state index contributed by atoms with van der Waals surface area (Å²) in [6.45, 7) is 2.82. The summed E-state index contributed by atoms with van der Waals surface area (Å²) >= 11 is 0. The first-order chi connectivity index (χ1) is 14.5. The highest BCUT2D eigenvalue weighted by Crippen LogP contribution is 2.29. The number of morpholine rings is 1. The zero-order chi connectivity index (χ0) is 21.1. The summed E-state index contributed by atoms with van der Waals surface area (Å²) in [5, 5.41) is 12.4. The lowest BCUT2D eigenvalue weighted by Gasteiger charge is -2.28. The van der Waals surface area contributed by atoms with Gasteiger partial charge >= 0.3 is 5.97 Å². The first-order valence-corrected chi connectivity index (χ1v) is 9.26. The molecule has 154 valence electrons. The van der Waals surface area contributed by atoms with Crippen LogP contribution in [0.3, 0.4) is 0 Å². The molecule has 7 nitrogen and oxygen atoms in total. The molecule has 3 aromatic rings. The Kier molecular flexibility index (Phi) is 5.53. The third-order valence-electron chi connectivity index (χ3n) is 4.74. The lowest BCUT2D eigenvalue weighted by molar-refractivity contribution is 0.0697. The summed E-state index contributed by atoms with van der Waals surface area (Å²) in [7, 11) is 0. The number of aromatic carboxylic acids is 1. The lowest BCUT2D eigenvalue weighted by atomic mass is 10.1. The van der Waals surface area contributed by atoms with Crippen LogP contribution in [-0.2, 0) is 4.74 Å². The fraction of sp³-hybridized carbons (Fsp3) is 0.190. The van der Waals surface area contributed by atoms with Crippen LogP contribution in [0.2, 0.25) is 0 Å². The quantitative estimate of drug-likeness (QED) is 0.661. The number of carbonyl (C=O) groups is 1. The molecule has 1 aliphatic heterocycles. The van der Waals surface area contributed by atoms with E-state index < -0.39 is 17.6 Å². The lowest BCUT2D eigenvalue weighted by Crippen LogP contribution is -2.36. The number of carboxylic acids is 1. The second-order valence-electron chi connectivity index (χ2n) is 6.64. The molecule has 0 saturated carbocycles. The van der Waals surface area contributed by atoms with Crippen molar-refractivity contribution in [1.82, 2.24) is 9.97 Å². The minimum atomic E-state index is -1.23. The van der Waals surface area contributed by atoms with Crippen molar-refractivity contribution in [3.05, 3.63) is 66.0 Å². The molecular formula is C21H18F2N4O3. The topological polar surface area (TPSA) is 87.6 Å². The SMILES string of the molecule is O=C(O)c1cnc(-c2c(F)cccc2F)cc1Nc1ccc(N2CCOCC2)cn1. The minimum absolute atomic E-state index is 0.0250. The predicted octanol–water partition coefficient (Wildman–Crippen LogP) is 3.70. The van der Waals surface area contributed by atoms with Crippen molar-refractivity contribution in [2.45, 2.75) is 0 Å².